The summed E-state index contributed by atoms with van der Waals surface area (Å²) >= 11 is 1.06. The maximum absolute atomic E-state index is 12.7. The van der Waals surface area contributed by atoms with Crippen LogP contribution >= 0.6 is 11.3 Å². The predicted molar refractivity (Wildman–Crippen MR) is 117 cm³/mol. The van der Waals surface area contributed by atoms with Crippen LogP contribution in [0.1, 0.15) is 5.56 Å². The summed E-state index contributed by atoms with van der Waals surface area (Å²) in [5.41, 5.74) is 1.13. The Bertz CT molecular complexity index is 1360. The molecule has 0 unspecified atom stereocenters. The second kappa shape index (κ2) is 9.51. The van der Waals surface area contributed by atoms with Crippen molar-refractivity contribution < 1.29 is 32.2 Å². The lowest BCUT2D eigenvalue weighted by Gasteiger charge is -2.08. The third kappa shape index (κ3) is 5.15. The fourth-order valence-electron chi connectivity index (χ4n) is 2.97. The van der Waals surface area contributed by atoms with Gasteiger partial charge in [-0.1, -0.05) is 17.4 Å². The number of fused-ring (bicyclic) bond motifs is 1. The first-order valence-electron chi connectivity index (χ1n) is 9.17. The van der Waals surface area contributed by atoms with Crippen molar-refractivity contribution in [3.05, 3.63) is 46.8 Å². The molecule has 0 radical (unpaired) electrons. The molecule has 1 heterocycles. The number of methoxy groups -OCH3 is 3. The van der Waals surface area contributed by atoms with Gasteiger partial charge >= 0.3 is 5.97 Å². The van der Waals surface area contributed by atoms with Crippen LogP contribution in [-0.2, 0) is 37.3 Å². The van der Waals surface area contributed by atoms with E-state index in [0.717, 1.165) is 11.3 Å². The number of amides is 1. The Balaban J connectivity index is 2.06. The minimum atomic E-state index is -3.92. The van der Waals surface area contributed by atoms with E-state index >= 15 is 0 Å². The van der Waals surface area contributed by atoms with Crippen LogP contribution < -0.4 is 19.4 Å². The van der Waals surface area contributed by atoms with E-state index in [4.69, 9.17) is 19.3 Å². The van der Waals surface area contributed by atoms with Gasteiger partial charge in [0.15, 0.2) is 4.80 Å². The van der Waals surface area contributed by atoms with E-state index in [2.05, 4.69) is 4.99 Å². The molecule has 10 nitrogen and oxygen atoms in total. The van der Waals surface area contributed by atoms with Crippen LogP contribution in [0.15, 0.2) is 46.3 Å². The minimum Gasteiger partial charge on any atom is -0.497 e. The molecule has 0 bridgehead atoms. The van der Waals surface area contributed by atoms with Crippen molar-refractivity contribution in [3.63, 3.8) is 0 Å². The van der Waals surface area contributed by atoms with Crippen LogP contribution in [-0.4, -0.2) is 46.2 Å². The fraction of sp³-hybridized carbons (Fsp3) is 0.250. The molecule has 0 spiro atoms. The molecule has 0 saturated carbocycles. The van der Waals surface area contributed by atoms with Gasteiger partial charge in [-0.3, -0.25) is 9.59 Å². The fourth-order valence-corrected chi connectivity index (χ4v) is 4.67. The highest BCUT2D eigenvalue weighted by Gasteiger charge is 2.16. The highest BCUT2D eigenvalue weighted by atomic mass is 32.2. The molecular weight excluding hydrogens is 458 g/mol. The second-order valence-corrected chi connectivity index (χ2v) is 9.15. The SMILES string of the molecule is COC(=O)Cn1c(=NC(=O)Cc2ccc(OC)cc2OC)sc2cc(S(N)(=O)=O)ccc21. The molecule has 170 valence electrons. The Hall–Kier alpha value is -3.22. The number of esters is 1. The molecule has 2 N–H and O–H groups in total. The Morgan fingerprint density at radius 3 is 2.47 bits per heavy atom. The number of hydrogen-bond donors (Lipinski definition) is 1. The van der Waals surface area contributed by atoms with Crippen molar-refractivity contribution in [2.45, 2.75) is 17.9 Å². The molecule has 0 aliphatic heterocycles. The Morgan fingerprint density at radius 1 is 1.09 bits per heavy atom. The average molecular weight is 480 g/mol. The van der Waals surface area contributed by atoms with Gasteiger partial charge in [-0.15, -0.1) is 0 Å². The first-order valence-corrected chi connectivity index (χ1v) is 11.5. The van der Waals surface area contributed by atoms with Gasteiger partial charge in [0.1, 0.15) is 18.0 Å². The van der Waals surface area contributed by atoms with E-state index < -0.39 is 21.9 Å². The van der Waals surface area contributed by atoms with E-state index in [1.165, 1.54) is 44.1 Å². The lowest BCUT2D eigenvalue weighted by Crippen LogP contribution is -2.22. The number of nitrogens with two attached hydrogens (primary N) is 1. The van der Waals surface area contributed by atoms with Gasteiger partial charge in [-0.2, -0.15) is 4.99 Å². The highest BCUT2D eigenvalue weighted by Crippen LogP contribution is 2.25. The molecule has 0 aliphatic rings. The molecular formula is C20H21N3O7S2. The third-order valence-corrected chi connectivity index (χ3v) is 6.51. The second-order valence-electron chi connectivity index (χ2n) is 6.58. The van der Waals surface area contributed by atoms with Crippen LogP contribution in [0.5, 0.6) is 11.5 Å². The molecule has 0 saturated heterocycles. The number of hydrogen-bond acceptors (Lipinski definition) is 8. The molecule has 0 atom stereocenters. The molecule has 3 aromatic rings. The highest BCUT2D eigenvalue weighted by molar-refractivity contribution is 7.89. The van der Waals surface area contributed by atoms with Gasteiger partial charge < -0.3 is 18.8 Å². The summed E-state index contributed by atoms with van der Waals surface area (Å²) in [5, 5.41) is 5.21. The van der Waals surface area contributed by atoms with Crippen LogP contribution in [0.2, 0.25) is 0 Å². The van der Waals surface area contributed by atoms with Gasteiger partial charge in [0.2, 0.25) is 10.0 Å². The van der Waals surface area contributed by atoms with Crippen molar-refractivity contribution in [3.8, 4) is 11.5 Å². The summed E-state index contributed by atoms with van der Waals surface area (Å²) in [5.74, 6) is 0.0294. The van der Waals surface area contributed by atoms with E-state index in [1.807, 2.05) is 0 Å². The summed E-state index contributed by atoms with van der Waals surface area (Å²) in [6, 6.07) is 9.28. The Morgan fingerprint density at radius 2 is 1.84 bits per heavy atom. The molecule has 3 rings (SSSR count). The maximum atomic E-state index is 12.7. The number of thiazole rings is 1. The Kier molecular flexibility index (Phi) is 6.96. The van der Waals surface area contributed by atoms with E-state index in [9.17, 15) is 18.0 Å². The quantitative estimate of drug-likeness (QED) is 0.503. The standard InChI is InChI=1S/C20H21N3O7S2/c1-28-13-5-4-12(16(9-13)29-2)8-18(24)22-20-23(11-19(25)30-3)15-7-6-14(32(21,26)27)10-17(15)31-20/h4-7,9-10H,8,11H2,1-3H3,(H2,21,26,27). The van der Waals surface area contributed by atoms with Gasteiger partial charge in [-0.25, -0.2) is 13.6 Å². The molecule has 1 aromatic heterocycles. The normalized spacial score (nSPS) is 12.1. The molecule has 0 fully saturated rings. The molecule has 2 aromatic carbocycles. The molecule has 32 heavy (non-hydrogen) atoms. The summed E-state index contributed by atoms with van der Waals surface area (Å²) in [7, 11) is 0.337. The van der Waals surface area contributed by atoms with Gasteiger partial charge in [0.05, 0.1) is 42.9 Å². The summed E-state index contributed by atoms with van der Waals surface area (Å²) in [4.78, 5) is 28.9. The number of carbonyl (C=O) groups excluding carboxylic acids is 2. The zero-order valence-electron chi connectivity index (χ0n) is 17.5. The zero-order chi connectivity index (χ0) is 23.5. The number of carbonyl (C=O) groups is 2. The summed E-state index contributed by atoms with van der Waals surface area (Å²) in [6.07, 6.45) is -0.0535. The van der Waals surface area contributed by atoms with Gasteiger partial charge in [0.25, 0.3) is 5.91 Å². The third-order valence-electron chi connectivity index (χ3n) is 4.55. The zero-order valence-corrected chi connectivity index (χ0v) is 19.2. The molecule has 1 amide bonds. The lowest BCUT2D eigenvalue weighted by molar-refractivity contribution is -0.141. The van der Waals surface area contributed by atoms with E-state index in [-0.39, 0.29) is 22.7 Å². The summed E-state index contributed by atoms with van der Waals surface area (Å²) in [6.45, 7) is -0.205. The molecule has 12 heteroatoms. The Labute approximate surface area is 187 Å². The smallest absolute Gasteiger partial charge is 0.325 e. The number of aromatic nitrogens is 1. The number of nitrogens with zero attached hydrogens (tertiary/aromatic N) is 2. The topological polar surface area (TPSA) is 139 Å². The van der Waals surface area contributed by atoms with Crippen LogP contribution in [0, 0.1) is 0 Å². The molecule has 0 aliphatic carbocycles. The van der Waals surface area contributed by atoms with Crippen molar-refractivity contribution in [1.82, 2.24) is 4.57 Å². The van der Waals surface area contributed by atoms with Crippen LogP contribution in [0.4, 0.5) is 0 Å². The largest absolute Gasteiger partial charge is 0.497 e. The van der Waals surface area contributed by atoms with Crippen LogP contribution in [0.25, 0.3) is 10.2 Å². The van der Waals surface area contributed by atoms with Crippen molar-refractivity contribution in [2.24, 2.45) is 10.1 Å². The first kappa shape index (κ1) is 23.4. The predicted octanol–water partition coefficient (Wildman–Crippen LogP) is 1.21. The van der Waals surface area contributed by atoms with Gasteiger partial charge in [0, 0.05) is 11.6 Å². The average Bonchev–Trinajstić information content (AvgIpc) is 3.09. The van der Waals surface area contributed by atoms with Crippen molar-refractivity contribution in [2.75, 3.05) is 21.3 Å². The number of rotatable bonds is 7. The van der Waals surface area contributed by atoms with Gasteiger partial charge in [-0.05, 0) is 24.3 Å². The maximum Gasteiger partial charge on any atom is 0.325 e. The number of ether oxygens (including phenoxy) is 3. The van der Waals surface area contributed by atoms with Crippen molar-refractivity contribution >= 4 is 43.5 Å². The van der Waals surface area contributed by atoms with Crippen molar-refractivity contribution in [1.29, 1.82) is 0 Å². The number of benzene rings is 2. The van der Waals surface area contributed by atoms with E-state index in [0.29, 0.717) is 27.3 Å². The number of sulfonamides is 1. The lowest BCUT2D eigenvalue weighted by atomic mass is 10.1. The van der Waals surface area contributed by atoms with Crippen LogP contribution in [0.3, 0.4) is 0 Å². The number of primary sulfonamides is 1. The van der Waals surface area contributed by atoms with E-state index in [1.54, 1.807) is 18.2 Å². The summed E-state index contributed by atoms with van der Waals surface area (Å²) < 4.78 is 40.6. The minimum absolute atomic E-state index is 0.0535. The monoisotopic (exact) mass is 479 g/mol. The first-order chi connectivity index (χ1) is 15.2.